The van der Waals surface area contributed by atoms with Gasteiger partial charge in [0.15, 0.2) is 6.61 Å². The molecule has 0 aromatic heterocycles. The van der Waals surface area contributed by atoms with Crippen molar-refractivity contribution in [2.75, 3.05) is 13.2 Å². The summed E-state index contributed by atoms with van der Waals surface area (Å²) in [5, 5.41) is 0. The van der Waals surface area contributed by atoms with Crippen LogP contribution in [0.25, 0.3) is 0 Å². The predicted octanol–water partition coefficient (Wildman–Crippen LogP) is 0.475. The molecule has 76 valence electrons. The highest BCUT2D eigenvalue weighted by molar-refractivity contribution is 5.71. The van der Waals surface area contributed by atoms with E-state index >= 15 is 0 Å². The van der Waals surface area contributed by atoms with Gasteiger partial charge in [-0.1, -0.05) is 6.92 Å². The standard InChI is InChI=1S/C8H14O5/c1-3-8(12-4-2)13-7(10)5-11-6-9/h6,8H,3-5H2,1-2H3. The molecule has 5 heteroatoms. The van der Waals surface area contributed by atoms with E-state index in [-0.39, 0.29) is 13.1 Å². The Morgan fingerprint density at radius 2 is 2.15 bits per heavy atom. The van der Waals surface area contributed by atoms with Crippen LogP contribution in [0.3, 0.4) is 0 Å². The van der Waals surface area contributed by atoms with Gasteiger partial charge in [0.1, 0.15) is 0 Å². The summed E-state index contributed by atoms with van der Waals surface area (Å²) in [4.78, 5) is 20.6. The van der Waals surface area contributed by atoms with E-state index in [0.29, 0.717) is 13.0 Å². The Kier molecular flexibility index (Phi) is 6.91. The molecule has 0 N–H and O–H groups in total. The van der Waals surface area contributed by atoms with Crippen LogP contribution in [0.4, 0.5) is 0 Å². The zero-order chi connectivity index (χ0) is 10.1. The molecule has 0 fully saturated rings. The number of carbonyl (C=O) groups is 2. The SMILES string of the molecule is CCOC(CC)OC(=O)COC=O. The first kappa shape index (κ1) is 11.9. The summed E-state index contributed by atoms with van der Waals surface area (Å²) >= 11 is 0. The van der Waals surface area contributed by atoms with Crippen molar-refractivity contribution in [1.29, 1.82) is 0 Å². The van der Waals surface area contributed by atoms with Crippen LogP contribution >= 0.6 is 0 Å². The van der Waals surface area contributed by atoms with Gasteiger partial charge in [-0.05, 0) is 6.92 Å². The smallest absolute Gasteiger partial charge is 0.346 e. The summed E-state index contributed by atoms with van der Waals surface area (Å²) in [6.45, 7) is 3.93. The molecule has 0 aliphatic carbocycles. The second-order valence-electron chi connectivity index (χ2n) is 2.19. The van der Waals surface area contributed by atoms with Crippen molar-refractivity contribution in [2.24, 2.45) is 0 Å². The maximum Gasteiger partial charge on any atom is 0.346 e. The van der Waals surface area contributed by atoms with E-state index in [2.05, 4.69) is 4.74 Å². The van der Waals surface area contributed by atoms with E-state index in [0.717, 1.165) is 0 Å². The topological polar surface area (TPSA) is 61.8 Å². The van der Waals surface area contributed by atoms with Gasteiger partial charge in [-0.2, -0.15) is 0 Å². The Hall–Kier alpha value is -1.10. The van der Waals surface area contributed by atoms with Crippen LogP contribution < -0.4 is 0 Å². The van der Waals surface area contributed by atoms with E-state index in [1.807, 2.05) is 6.92 Å². The van der Waals surface area contributed by atoms with Gasteiger partial charge in [0.05, 0.1) is 0 Å². The Morgan fingerprint density at radius 1 is 1.46 bits per heavy atom. The molecule has 0 rings (SSSR count). The molecule has 5 nitrogen and oxygen atoms in total. The molecule has 0 amide bonds. The van der Waals surface area contributed by atoms with Crippen molar-refractivity contribution >= 4 is 12.4 Å². The minimum absolute atomic E-state index is 0.197. The van der Waals surface area contributed by atoms with Gasteiger partial charge in [0.25, 0.3) is 6.47 Å². The summed E-state index contributed by atoms with van der Waals surface area (Å²) < 4.78 is 14.1. The van der Waals surface area contributed by atoms with E-state index in [1.165, 1.54) is 0 Å². The van der Waals surface area contributed by atoms with Crippen molar-refractivity contribution in [1.82, 2.24) is 0 Å². The third kappa shape index (κ3) is 6.10. The van der Waals surface area contributed by atoms with Crippen molar-refractivity contribution in [3.8, 4) is 0 Å². The monoisotopic (exact) mass is 190 g/mol. The maximum absolute atomic E-state index is 10.9. The zero-order valence-corrected chi connectivity index (χ0v) is 7.82. The van der Waals surface area contributed by atoms with Crippen molar-refractivity contribution in [2.45, 2.75) is 26.6 Å². The molecular weight excluding hydrogens is 176 g/mol. The van der Waals surface area contributed by atoms with Crippen LogP contribution in [-0.2, 0) is 23.8 Å². The quantitative estimate of drug-likeness (QED) is 0.332. The molecule has 0 aliphatic heterocycles. The van der Waals surface area contributed by atoms with E-state index in [1.54, 1.807) is 6.92 Å². The first-order valence-electron chi connectivity index (χ1n) is 4.10. The lowest BCUT2D eigenvalue weighted by molar-refractivity contribution is -0.183. The molecule has 0 aromatic rings. The van der Waals surface area contributed by atoms with Gasteiger partial charge in [-0.25, -0.2) is 4.79 Å². The van der Waals surface area contributed by atoms with Crippen LogP contribution in [0.2, 0.25) is 0 Å². The highest BCUT2D eigenvalue weighted by atomic mass is 16.7. The average Bonchev–Trinajstić information content (AvgIpc) is 2.14. The lowest BCUT2D eigenvalue weighted by atomic mass is 10.5. The number of carbonyl (C=O) groups excluding carboxylic acids is 2. The number of hydrogen-bond donors (Lipinski definition) is 0. The average molecular weight is 190 g/mol. The molecule has 1 unspecified atom stereocenters. The fourth-order valence-electron chi connectivity index (χ4n) is 0.704. The summed E-state index contributed by atoms with van der Waals surface area (Å²) in [6.07, 6.45) is 0.0217. The Labute approximate surface area is 77.0 Å². The van der Waals surface area contributed by atoms with Crippen LogP contribution in [0.5, 0.6) is 0 Å². The van der Waals surface area contributed by atoms with Crippen LogP contribution in [-0.4, -0.2) is 31.9 Å². The number of esters is 1. The minimum atomic E-state index is -0.604. The summed E-state index contributed by atoms with van der Waals surface area (Å²) in [6, 6.07) is 0. The Bertz CT molecular complexity index is 157. The van der Waals surface area contributed by atoms with Crippen LogP contribution in [0.1, 0.15) is 20.3 Å². The van der Waals surface area contributed by atoms with Gasteiger partial charge in [-0.15, -0.1) is 0 Å². The second-order valence-corrected chi connectivity index (χ2v) is 2.19. The molecule has 0 aromatic carbocycles. The molecule has 0 saturated heterocycles. The molecule has 0 bridgehead atoms. The molecular formula is C8H14O5. The number of rotatable bonds is 7. The van der Waals surface area contributed by atoms with Crippen molar-refractivity contribution < 1.29 is 23.8 Å². The van der Waals surface area contributed by atoms with Crippen molar-refractivity contribution in [3.63, 3.8) is 0 Å². The van der Waals surface area contributed by atoms with Gasteiger partial charge in [0.2, 0.25) is 6.29 Å². The molecule has 13 heavy (non-hydrogen) atoms. The lowest BCUT2D eigenvalue weighted by Gasteiger charge is -2.14. The van der Waals surface area contributed by atoms with Crippen LogP contribution in [0, 0.1) is 0 Å². The maximum atomic E-state index is 10.9. The zero-order valence-electron chi connectivity index (χ0n) is 7.82. The molecule has 0 radical (unpaired) electrons. The third-order valence-corrected chi connectivity index (χ3v) is 1.22. The Balaban J connectivity index is 3.65. The van der Waals surface area contributed by atoms with Gasteiger partial charge in [-0.3, -0.25) is 4.79 Å². The number of hydrogen-bond acceptors (Lipinski definition) is 5. The normalized spacial score (nSPS) is 11.8. The summed E-state index contributed by atoms with van der Waals surface area (Å²) in [5.74, 6) is -0.604. The minimum Gasteiger partial charge on any atom is -0.456 e. The van der Waals surface area contributed by atoms with Crippen molar-refractivity contribution in [3.05, 3.63) is 0 Å². The molecule has 0 spiro atoms. The van der Waals surface area contributed by atoms with Gasteiger partial charge < -0.3 is 14.2 Å². The second kappa shape index (κ2) is 7.54. The first-order valence-corrected chi connectivity index (χ1v) is 4.10. The molecule has 0 aliphatic rings. The molecule has 0 heterocycles. The number of ether oxygens (including phenoxy) is 3. The third-order valence-electron chi connectivity index (χ3n) is 1.22. The summed E-state index contributed by atoms with van der Waals surface area (Å²) in [5.41, 5.74) is 0. The van der Waals surface area contributed by atoms with Gasteiger partial charge in [0, 0.05) is 13.0 Å². The Morgan fingerprint density at radius 3 is 2.62 bits per heavy atom. The predicted molar refractivity (Wildman–Crippen MR) is 43.8 cm³/mol. The highest BCUT2D eigenvalue weighted by Crippen LogP contribution is 2.00. The van der Waals surface area contributed by atoms with E-state index in [4.69, 9.17) is 9.47 Å². The largest absolute Gasteiger partial charge is 0.456 e. The first-order chi connectivity index (χ1) is 6.24. The summed E-state index contributed by atoms with van der Waals surface area (Å²) in [7, 11) is 0. The lowest BCUT2D eigenvalue weighted by Crippen LogP contribution is -2.23. The molecule has 1 atom stereocenters. The van der Waals surface area contributed by atoms with E-state index < -0.39 is 12.3 Å². The van der Waals surface area contributed by atoms with Crippen LogP contribution in [0.15, 0.2) is 0 Å². The van der Waals surface area contributed by atoms with E-state index in [9.17, 15) is 9.59 Å². The fraction of sp³-hybridized carbons (Fsp3) is 0.750. The fourth-order valence-corrected chi connectivity index (χ4v) is 0.704. The highest BCUT2D eigenvalue weighted by Gasteiger charge is 2.11. The molecule has 0 saturated carbocycles. The van der Waals surface area contributed by atoms with Gasteiger partial charge >= 0.3 is 5.97 Å².